The summed E-state index contributed by atoms with van der Waals surface area (Å²) in [6.07, 6.45) is 6.67. The smallest absolute Gasteiger partial charge is 0.0844 e. The quantitative estimate of drug-likeness (QED) is 0.885. The highest BCUT2D eigenvalue weighted by Crippen LogP contribution is 2.44. The molecule has 3 atom stereocenters. The monoisotopic (exact) mass is 287 g/mol. The van der Waals surface area contributed by atoms with Crippen LogP contribution in [0.3, 0.4) is 0 Å². The van der Waals surface area contributed by atoms with E-state index in [-0.39, 0.29) is 6.04 Å². The minimum absolute atomic E-state index is 0.123. The molecule has 0 radical (unpaired) electrons. The Labute approximate surface area is 129 Å². The molecule has 0 spiro atoms. The van der Waals surface area contributed by atoms with Crippen LogP contribution in [-0.2, 0) is 6.42 Å². The molecule has 2 heteroatoms. The molecule has 0 bridgehead atoms. The van der Waals surface area contributed by atoms with Crippen molar-refractivity contribution in [2.45, 2.75) is 64.0 Å². The van der Waals surface area contributed by atoms with Gasteiger partial charge in [0.1, 0.15) is 0 Å². The van der Waals surface area contributed by atoms with E-state index >= 15 is 0 Å². The lowest BCUT2D eigenvalue weighted by molar-refractivity contribution is -0.0528. The number of benzene rings is 1. The maximum absolute atomic E-state index is 11.4. The van der Waals surface area contributed by atoms with Crippen molar-refractivity contribution < 1.29 is 5.11 Å². The van der Waals surface area contributed by atoms with E-state index in [1.165, 1.54) is 24.0 Å². The topological polar surface area (TPSA) is 32.3 Å². The van der Waals surface area contributed by atoms with Crippen LogP contribution in [0.5, 0.6) is 0 Å². The molecule has 2 N–H and O–H groups in total. The minimum atomic E-state index is -0.561. The van der Waals surface area contributed by atoms with Gasteiger partial charge in [0.2, 0.25) is 0 Å². The zero-order chi connectivity index (χ0) is 14.9. The number of fused-ring (bicyclic) bond motifs is 1. The average Bonchev–Trinajstić information content (AvgIpc) is 2.46. The van der Waals surface area contributed by atoms with Gasteiger partial charge in [-0.05, 0) is 55.2 Å². The molecule has 116 valence electrons. The van der Waals surface area contributed by atoms with Crippen molar-refractivity contribution in [3.05, 3.63) is 35.4 Å². The fourth-order valence-electron chi connectivity index (χ4n) is 4.51. The molecular weight excluding hydrogens is 258 g/mol. The number of hydrogen-bond donors (Lipinski definition) is 2. The maximum atomic E-state index is 11.4. The molecule has 2 aliphatic rings. The maximum Gasteiger partial charge on any atom is 0.0844 e. The molecular formula is C19H29NO. The van der Waals surface area contributed by atoms with Crippen LogP contribution in [0.25, 0.3) is 0 Å². The van der Waals surface area contributed by atoms with Crippen molar-refractivity contribution >= 4 is 0 Å². The first-order chi connectivity index (χ1) is 10.1. The molecule has 3 rings (SSSR count). The van der Waals surface area contributed by atoms with E-state index < -0.39 is 5.60 Å². The summed E-state index contributed by atoms with van der Waals surface area (Å²) in [5.41, 5.74) is 2.19. The second-order valence-corrected chi connectivity index (χ2v) is 7.53. The van der Waals surface area contributed by atoms with E-state index in [1.807, 2.05) is 0 Å². The Morgan fingerprint density at radius 2 is 2.14 bits per heavy atom. The molecule has 1 aromatic carbocycles. The van der Waals surface area contributed by atoms with Crippen molar-refractivity contribution in [3.63, 3.8) is 0 Å². The second kappa shape index (κ2) is 6.10. The summed E-state index contributed by atoms with van der Waals surface area (Å²) in [4.78, 5) is 0. The van der Waals surface area contributed by atoms with Crippen LogP contribution in [0.1, 0.15) is 63.1 Å². The van der Waals surface area contributed by atoms with Crippen LogP contribution in [0.2, 0.25) is 0 Å². The van der Waals surface area contributed by atoms with Gasteiger partial charge in [-0.2, -0.15) is 0 Å². The van der Waals surface area contributed by atoms with Crippen molar-refractivity contribution in [1.29, 1.82) is 0 Å². The Morgan fingerprint density at radius 1 is 1.33 bits per heavy atom. The van der Waals surface area contributed by atoms with Crippen molar-refractivity contribution in [2.75, 3.05) is 6.54 Å². The SMILES string of the molecule is CC(C)CC1CCCC(O)(C2NCCc3ccccc32)C1. The Morgan fingerprint density at radius 3 is 2.95 bits per heavy atom. The van der Waals surface area contributed by atoms with Crippen LogP contribution in [0.15, 0.2) is 24.3 Å². The average molecular weight is 287 g/mol. The summed E-state index contributed by atoms with van der Waals surface area (Å²) in [7, 11) is 0. The fraction of sp³-hybridized carbons (Fsp3) is 0.684. The van der Waals surface area contributed by atoms with E-state index in [0.29, 0.717) is 5.92 Å². The van der Waals surface area contributed by atoms with E-state index in [2.05, 4.69) is 43.4 Å². The molecule has 1 saturated carbocycles. The van der Waals surface area contributed by atoms with E-state index in [9.17, 15) is 5.11 Å². The highest BCUT2D eigenvalue weighted by atomic mass is 16.3. The van der Waals surface area contributed by atoms with E-state index in [0.717, 1.165) is 38.1 Å². The van der Waals surface area contributed by atoms with Gasteiger partial charge in [0, 0.05) is 0 Å². The largest absolute Gasteiger partial charge is 0.388 e. The predicted octanol–water partition coefficient (Wildman–Crippen LogP) is 3.84. The molecule has 2 nitrogen and oxygen atoms in total. The lowest BCUT2D eigenvalue weighted by Gasteiger charge is -2.45. The third-order valence-electron chi connectivity index (χ3n) is 5.32. The second-order valence-electron chi connectivity index (χ2n) is 7.53. The Balaban J connectivity index is 1.82. The third-order valence-corrected chi connectivity index (χ3v) is 5.32. The predicted molar refractivity (Wildman–Crippen MR) is 87.3 cm³/mol. The molecule has 21 heavy (non-hydrogen) atoms. The summed E-state index contributed by atoms with van der Waals surface area (Å²) in [6, 6.07) is 8.78. The van der Waals surface area contributed by atoms with Crippen molar-refractivity contribution in [3.8, 4) is 0 Å². The first-order valence-electron chi connectivity index (χ1n) is 8.62. The standard InChI is InChI=1S/C19H29NO/c1-14(2)12-15-6-5-10-19(21,13-15)18-17-8-4-3-7-16(17)9-11-20-18/h3-4,7-8,14-15,18,20-21H,5-6,9-13H2,1-2H3. The molecule has 1 heterocycles. The summed E-state index contributed by atoms with van der Waals surface area (Å²) in [5.74, 6) is 1.41. The lowest BCUT2D eigenvalue weighted by atomic mass is 9.69. The highest BCUT2D eigenvalue weighted by Gasteiger charge is 2.43. The van der Waals surface area contributed by atoms with Crippen LogP contribution >= 0.6 is 0 Å². The zero-order valence-corrected chi connectivity index (χ0v) is 13.4. The normalized spacial score (nSPS) is 33.0. The van der Waals surface area contributed by atoms with Gasteiger partial charge >= 0.3 is 0 Å². The Hall–Kier alpha value is -0.860. The number of hydrogen-bond acceptors (Lipinski definition) is 2. The molecule has 0 amide bonds. The molecule has 0 aromatic heterocycles. The minimum Gasteiger partial charge on any atom is -0.388 e. The molecule has 1 aromatic rings. The van der Waals surface area contributed by atoms with Crippen LogP contribution in [0, 0.1) is 11.8 Å². The first-order valence-corrected chi connectivity index (χ1v) is 8.62. The Bertz CT molecular complexity index is 484. The molecule has 1 aliphatic heterocycles. The van der Waals surface area contributed by atoms with Crippen molar-refractivity contribution in [2.24, 2.45) is 11.8 Å². The van der Waals surface area contributed by atoms with E-state index in [4.69, 9.17) is 0 Å². The third kappa shape index (κ3) is 3.17. The van der Waals surface area contributed by atoms with Crippen molar-refractivity contribution in [1.82, 2.24) is 5.32 Å². The summed E-state index contributed by atoms with van der Waals surface area (Å²) >= 11 is 0. The number of nitrogens with one attached hydrogen (secondary N) is 1. The Kier molecular flexibility index (Phi) is 4.37. The van der Waals surface area contributed by atoms with Gasteiger partial charge in [0.05, 0.1) is 11.6 Å². The number of aliphatic hydroxyl groups is 1. The van der Waals surface area contributed by atoms with Gasteiger partial charge < -0.3 is 10.4 Å². The molecule has 1 fully saturated rings. The fourth-order valence-corrected chi connectivity index (χ4v) is 4.51. The summed E-state index contributed by atoms with van der Waals surface area (Å²) in [6.45, 7) is 5.57. The molecule has 0 saturated heterocycles. The van der Waals surface area contributed by atoms with Gasteiger partial charge in [-0.15, -0.1) is 0 Å². The lowest BCUT2D eigenvalue weighted by Crippen LogP contribution is -2.49. The van der Waals surface area contributed by atoms with Gasteiger partial charge in [-0.1, -0.05) is 51.0 Å². The highest BCUT2D eigenvalue weighted by molar-refractivity contribution is 5.34. The molecule has 1 aliphatic carbocycles. The molecule has 3 unspecified atom stereocenters. The first kappa shape index (κ1) is 15.1. The van der Waals surface area contributed by atoms with E-state index in [1.54, 1.807) is 0 Å². The van der Waals surface area contributed by atoms with Gasteiger partial charge in [0.15, 0.2) is 0 Å². The summed E-state index contributed by atoms with van der Waals surface area (Å²) < 4.78 is 0. The van der Waals surface area contributed by atoms with Crippen LogP contribution < -0.4 is 5.32 Å². The summed E-state index contributed by atoms with van der Waals surface area (Å²) in [5, 5.41) is 15.0. The number of rotatable bonds is 3. The van der Waals surface area contributed by atoms with Crippen LogP contribution in [0.4, 0.5) is 0 Å². The van der Waals surface area contributed by atoms with Gasteiger partial charge in [0.25, 0.3) is 0 Å². The zero-order valence-electron chi connectivity index (χ0n) is 13.4. The van der Waals surface area contributed by atoms with Crippen LogP contribution in [-0.4, -0.2) is 17.3 Å². The van der Waals surface area contributed by atoms with Gasteiger partial charge in [-0.25, -0.2) is 0 Å². The van der Waals surface area contributed by atoms with Gasteiger partial charge in [-0.3, -0.25) is 0 Å².